The zero-order valence-corrected chi connectivity index (χ0v) is 17.3. The van der Waals surface area contributed by atoms with Crippen LogP contribution < -0.4 is 0 Å². The number of nitrogens with zero attached hydrogens (tertiary/aromatic N) is 3. The van der Waals surface area contributed by atoms with Gasteiger partial charge < -0.3 is 4.90 Å². The molecule has 0 spiro atoms. The average molecular weight is 412 g/mol. The second kappa shape index (κ2) is 9.33. The van der Waals surface area contributed by atoms with E-state index in [-0.39, 0.29) is 29.3 Å². The third-order valence-corrected chi connectivity index (χ3v) is 7.45. The number of hydrogen-bond acceptors (Lipinski definition) is 5. The van der Waals surface area contributed by atoms with E-state index in [2.05, 4.69) is 9.80 Å². The fourth-order valence-electron chi connectivity index (χ4n) is 4.15. The van der Waals surface area contributed by atoms with Crippen molar-refractivity contribution in [2.45, 2.75) is 32.4 Å². The van der Waals surface area contributed by atoms with E-state index in [4.69, 9.17) is 0 Å². The first-order valence-electron chi connectivity index (χ1n) is 10.1. The maximum atomic E-state index is 13.9. The zero-order valence-electron chi connectivity index (χ0n) is 16.5. The molecular formula is C20H30FN3O3S. The Bertz CT molecular complexity index is 787. The van der Waals surface area contributed by atoms with E-state index >= 15 is 0 Å². The van der Waals surface area contributed by atoms with Gasteiger partial charge in [-0.3, -0.25) is 14.6 Å². The first kappa shape index (κ1) is 21.2. The molecule has 0 N–H and O–H groups in total. The quantitative estimate of drug-likeness (QED) is 0.708. The van der Waals surface area contributed by atoms with Gasteiger partial charge in [0.2, 0.25) is 5.91 Å². The number of amides is 1. The minimum absolute atomic E-state index is 0.00662. The lowest BCUT2D eigenvalue weighted by atomic mass is 10.2. The molecule has 2 aliphatic rings. The molecule has 2 fully saturated rings. The van der Waals surface area contributed by atoms with Gasteiger partial charge in [-0.25, -0.2) is 12.8 Å². The van der Waals surface area contributed by atoms with Gasteiger partial charge in [0.25, 0.3) is 0 Å². The Hall–Kier alpha value is -1.51. The minimum Gasteiger partial charge on any atom is -0.338 e. The molecule has 2 heterocycles. The molecule has 0 aromatic heterocycles. The van der Waals surface area contributed by atoms with Gasteiger partial charge in [0, 0.05) is 37.8 Å². The van der Waals surface area contributed by atoms with Gasteiger partial charge in [-0.05, 0) is 38.9 Å². The van der Waals surface area contributed by atoms with Crippen molar-refractivity contribution in [3.05, 3.63) is 35.6 Å². The van der Waals surface area contributed by atoms with Crippen LogP contribution in [0.15, 0.2) is 24.3 Å². The van der Waals surface area contributed by atoms with Crippen molar-refractivity contribution >= 4 is 15.7 Å². The van der Waals surface area contributed by atoms with Crippen LogP contribution in [0.5, 0.6) is 0 Å². The van der Waals surface area contributed by atoms with E-state index in [1.54, 1.807) is 11.0 Å². The highest BCUT2D eigenvalue weighted by Gasteiger charge is 2.34. The number of likely N-dealkylation sites (N-methyl/N-ethyl adjacent to an activating group) is 1. The lowest BCUT2D eigenvalue weighted by Crippen LogP contribution is -2.46. The highest BCUT2D eigenvalue weighted by Crippen LogP contribution is 2.18. The fraction of sp³-hybridized carbons (Fsp3) is 0.650. The predicted octanol–water partition coefficient (Wildman–Crippen LogP) is 1.37. The first-order valence-corrected chi connectivity index (χ1v) is 11.9. The van der Waals surface area contributed by atoms with Crippen LogP contribution in [-0.4, -0.2) is 85.8 Å². The Labute approximate surface area is 167 Å². The van der Waals surface area contributed by atoms with Crippen LogP contribution in [0.2, 0.25) is 0 Å². The number of carbonyl (C=O) groups is 1. The summed E-state index contributed by atoms with van der Waals surface area (Å²) >= 11 is 0. The summed E-state index contributed by atoms with van der Waals surface area (Å²) < 4.78 is 37.4. The number of sulfone groups is 1. The van der Waals surface area contributed by atoms with Crippen LogP contribution in [0.25, 0.3) is 0 Å². The van der Waals surface area contributed by atoms with Crippen molar-refractivity contribution in [1.29, 1.82) is 0 Å². The molecule has 1 aromatic rings. The monoisotopic (exact) mass is 411 g/mol. The predicted molar refractivity (Wildman–Crippen MR) is 107 cm³/mol. The average Bonchev–Trinajstić information content (AvgIpc) is 2.86. The molecule has 2 saturated heterocycles. The fourth-order valence-corrected chi connectivity index (χ4v) is 5.88. The highest BCUT2D eigenvalue weighted by atomic mass is 32.2. The maximum Gasteiger partial charge on any atom is 0.237 e. The second-order valence-electron chi connectivity index (χ2n) is 7.73. The van der Waals surface area contributed by atoms with E-state index in [9.17, 15) is 17.6 Å². The number of halogens is 1. The molecule has 1 unspecified atom stereocenters. The van der Waals surface area contributed by atoms with Crippen LogP contribution in [0, 0.1) is 5.82 Å². The van der Waals surface area contributed by atoms with Crippen molar-refractivity contribution in [3.63, 3.8) is 0 Å². The molecular weight excluding hydrogens is 381 g/mol. The van der Waals surface area contributed by atoms with E-state index < -0.39 is 9.84 Å². The van der Waals surface area contributed by atoms with Crippen molar-refractivity contribution < 1.29 is 17.6 Å². The number of carbonyl (C=O) groups excluding carboxylic acids is 1. The second-order valence-corrected chi connectivity index (χ2v) is 9.96. The highest BCUT2D eigenvalue weighted by molar-refractivity contribution is 7.91. The van der Waals surface area contributed by atoms with Crippen molar-refractivity contribution in [1.82, 2.24) is 14.7 Å². The Morgan fingerprint density at radius 3 is 2.57 bits per heavy atom. The van der Waals surface area contributed by atoms with Crippen molar-refractivity contribution in [2.75, 3.05) is 50.8 Å². The molecule has 1 atom stereocenters. The summed E-state index contributed by atoms with van der Waals surface area (Å²) in [6.45, 7) is 6.56. The van der Waals surface area contributed by atoms with E-state index in [0.29, 0.717) is 31.6 Å². The SMILES string of the molecule is CCN(C(=O)CN1CCCN(Cc2ccccc2F)CC1)C1CCS(=O)(=O)C1. The molecule has 0 saturated carbocycles. The summed E-state index contributed by atoms with van der Waals surface area (Å²) in [5.41, 5.74) is 0.701. The lowest BCUT2D eigenvalue weighted by molar-refractivity contribution is -0.134. The standard InChI is InChI=1S/C20H30FN3O3S/c1-2-24(18-8-13-28(26,27)16-18)20(25)15-23-10-5-9-22(11-12-23)14-17-6-3-4-7-19(17)21/h3-4,6-7,18H,2,5,8-16H2,1H3. The van der Waals surface area contributed by atoms with Gasteiger partial charge in [-0.15, -0.1) is 0 Å². The van der Waals surface area contributed by atoms with Crippen molar-refractivity contribution in [3.8, 4) is 0 Å². The van der Waals surface area contributed by atoms with Gasteiger partial charge in [0.05, 0.1) is 18.1 Å². The largest absolute Gasteiger partial charge is 0.338 e. The van der Waals surface area contributed by atoms with E-state index in [1.165, 1.54) is 6.07 Å². The normalized spacial score (nSPS) is 23.4. The first-order chi connectivity index (χ1) is 13.4. The van der Waals surface area contributed by atoms with Gasteiger partial charge in [0.1, 0.15) is 5.82 Å². The van der Waals surface area contributed by atoms with Crippen LogP contribution in [0.4, 0.5) is 4.39 Å². The topological polar surface area (TPSA) is 60.9 Å². The van der Waals surface area contributed by atoms with Crippen LogP contribution in [0.1, 0.15) is 25.3 Å². The summed E-state index contributed by atoms with van der Waals surface area (Å²) in [5, 5.41) is 0. The Kier molecular flexibility index (Phi) is 7.06. The van der Waals surface area contributed by atoms with Gasteiger partial charge in [-0.2, -0.15) is 0 Å². The maximum absolute atomic E-state index is 13.9. The zero-order chi connectivity index (χ0) is 20.1. The molecule has 0 radical (unpaired) electrons. The number of hydrogen-bond donors (Lipinski definition) is 0. The molecule has 1 aromatic carbocycles. The third-order valence-electron chi connectivity index (χ3n) is 5.70. The number of benzene rings is 1. The summed E-state index contributed by atoms with van der Waals surface area (Å²) in [4.78, 5) is 18.9. The Balaban J connectivity index is 1.52. The Morgan fingerprint density at radius 2 is 1.89 bits per heavy atom. The molecule has 0 bridgehead atoms. The molecule has 6 nitrogen and oxygen atoms in total. The van der Waals surface area contributed by atoms with Crippen LogP contribution in [-0.2, 0) is 21.2 Å². The molecule has 0 aliphatic carbocycles. The lowest BCUT2D eigenvalue weighted by Gasteiger charge is -2.30. The molecule has 1 amide bonds. The van der Waals surface area contributed by atoms with Crippen LogP contribution >= 0.6 is 0 Å². The Morgan fingerprint density at radius 1 is 1.18 bits per heavy atom. The van der Waals surface area contributed by atoms with Gasteiger partial charge in [-0.1, -0.05) is 18.2 Å². The smallest absolute Gasteiger partial charge is 0.237 e. The minimum atomic E-state index is -3.01. The third kappa shape index (κ3) is 5.52. The summed E-state index contributed by atoms with van der Waals surface area (Å²) in [6, 6.07) is 6.66. The van der Waals surface area contributed by atoms with Crippen LogP contribution in [0.3, 0.4) is 0 Å². The summed E-state index contributed by atoms with van der Waals surface area (Å²) in [6.07, 6.45) is 1.46. The van der Waals surface area contributed by atoms with Crippen molar-refractivity contribution in [2.24, 2.45) is 0 Å². The van der Waals surface area contributed by atoms with Gasteiger partial charge >= 0.3 is 0 Å². The molecule has 28 heavy (non-hydrogen) atoms. The molecule has 3 rings (SSSR count). The number of rotatable bonds is 6. The van der Waals surface area contributed by atoms with E-state index in [0.717, 1.165) is 32.6 Å². The molecule has 8 heteroatoms. The summed E-state index contributed by atoms with van der Waals surface area (Å²) in [7, 11) is -3.01. The van der Waals surface area contributed by atoms with E-state index in [1.807, 2.05) is 19.1 Å². The summed E-state index contributed by atoms with van der Waals surface area (Å²) in [5.74, 6) is 0.0927. The molecule has 2 aliphatic heterocycles. The van der Waals surface area contributed by atoms with Gasteiger partial charge in [0.15, 0.2) is 9.84 Å². The molecule has 156 valence electrons.